The molecule has 1 fully saturated rings. The maximum absolute atomic E-state index is 13.1. The van der Waals surface area contributed by atoms with Crippen molar-refractivity contribution in [3.05, 3.63) is 59.2 Å². The van der Waals surface area contributed by atoms with Crippen LogP contribution in [0.2, 0.25) is 0 Å². The highest BCUT2D eigenvalue weighted by atomic mass is 19.4. The summed E-state index contributed by atoms with van der Waals surface area (Å²) in [6, 6.07) is 11.5. The van der Waals surface area contributed by atoms with Gasteiger partial charge in [-0.25, -0.2) is 0 Å². The lowest BCUT2D eigenvalue weighted by atomic mass is 9.92. The number of anilines is 1. The molecule has 1 atom stereocenters. The standard InChI is InChI=1S/C25H29F3N2O2/c1-2-23(32-22-11-10-18-6-3-4-7-19(18)16-22)24(31)30-14-12-29(13-15-30)21-9-5-8-20(17-21)25(26,27)28/h5,8-11,16-17,23H,2-4,6-7,12-15H2,1H3. The zero-order valence-electron chi connectivity index (χ0n) is 18.3. The van der Waals surface area contributed by atoms with E-state index in [0.717, 1.165) is 24.7 Å². The van der Waals surface area contributed by atoms with Crippen molar-refractivity contribution in [1.82, 2.24) is 4.90 Å². The number of alkyl halides is 3. The van der Waals surface area contributed by atoms with Crippen molar-refractivity contribution < 1.29 is 22.7 Å². The number of piperazine rings is 1. The Morgan fingerprint density at radius 1 is 1.00 bits per heavy atom. The van der Waals surface area contributed by atoms with Crippen LogP contribution < -0.4 is 9.64 Å². The van der Waals surface area contributed by atoms with Gasteiger partial charge in [-0.1, -0.05) is 19.1 Å². The van der Waals surface area contributed by atoms with Crippen molar-refractivity contribution in [3.63, 3.8) is 0 Å². The first-order valence-corrected chi connectivity index (χ1v) is 11.3. The van der Waals surface area contributed by atoms with Gasteiger partial charge in [0.25, 0.3) is 5.91 Å². The highest BCUT2D eigenvalue weighted by Gasteiger charge is 2.32. The van der Waals surface area contributed by atoms with Crippen LogP contribution >= 0.6 is 0 Å². The molecule has 0 bridgehead atoms. The highest BCUT2D eigenvalue weighted by Crippen LogP contribution is 2.32. The summed E-state index contributed by atoms with van der Waals surface area (Å²) >= 11 is 0. The van der Waals surface area contributed by atoms with Crippen LogP contribution in [-0.2, 0) is 23.8 Å². The Morgan fingerprint density at radius 2 is 1.72 bits per heavy atom. The van der Waals surface area contributed by atoms with Crippen molar-refractivity contribution in [2.45, 2.75) is 51.3 Å². The third-order valence-electron chi connectivity index (χ3n) is 6.37. The number of benzene rings is 2. The summed E-state index contributed by atoms with van der Waals surface area (Å²) in [5, 5.41) is 0. The molecule has 0 radical (unpaired) electrons. The monoisotopic (exact) mass is 446 g/mol. The lowest BCUT2D eigenvalue weighted by Gasteiger charge is -2.37. The van der Waals surface area contributed by atoms with Gasteiger partial charge < -0.3 is 14.5 Å². The summed E-state index contributed by atoms with van der Waals surface area (Å²) in [7, 11) is 0. The predicted octanol–water partition coefficient (Wildman–Crippen LogP) is 5.09. The smallest absolute Gasteiger partial charge is 0.416 e. The summed E-state index contributed by atoms with van der Waals surface area (Å²) < 4.78 is 45.1. The van der Waals surface area contributed by atoms with Gasteiger partial charge in [-0.2, -0.15) is 13.2 Å². The average Bonchev–Trinajstić information content (AvgIpc) is 2.81. The molecule has 4 rings (SSSR count). The Hall–Kier alpha value is -2.70. The molecule has 1 aliphatic heterocycles. The lowest BCUT2D eigenvalue weighted by Crippen LogP contribution is -2.52. The molecule has 172 valence electrons. The van der Waals surface area contributed by atoms with E-state index in [1.807, 2.05) is 17.9 Å². The van der Waals surface area contributed by atoms with Crippen LogP contribution in [0.4, 0.5) is 18.9 Å². The fourth-order valence-corrected chi connectivity index (χ4v) is 4.52. The van der Waals surface area contributed by atoms with E-state index in [9.17, 15) is 18.0 Å². The van der Waals surface area contributed by atoms with Crippen LogP contribution in [0.3, 0.4) is 0 Å². The van der Waals surface area contributed by atoms with Gasteiger partial charge in [-0.15, -0.1) is 0 Å². The summed E-state index contributed by atoms with van der Waals surface area (Å²) in [6.07, 6.45) is 0.187. The van der Waals surface area contributed by atoms with Gasteiger partial charge >= 0.3 is 6.18 Å². The third-order valence-corrected chi connectivity index (χ3v) is 6.37. The SMILES string of the molecule is CCC(Oc1ccc2c(c1)CCCC2)C(=O)N1CCN(c2cccc(C(F)(F)F)c2)CC1. The first-order chi connectivity index (χ1) is 15.3. The van der Waals surface area contributed by atoms with E-state index in [2.05, 4.69) is 12.1 Å². The number of carbonyl (C=O) groups is 1. The topological polar surface area (TPSA) is 32.8 Å². The minimum absolute atomic E-state index is 0.0612. The Balaban J connectivity index is 1.37. The van der Waals surface area contributed by atoms with Crippen LogP contribution in [0.5, 0.6) is 5.75 Å². The lowest BCUT2D eigenvalue weighted by molar-refractivity contribution is -0.139. The number of hydrogen-bond acceptors (Lipinski definition) is 3. The van der Waals surface area contributed by atoms with Gasteiger partial charge in [0.15, 0.2) is 6.10 Å². The van der Waals surface area contributed by atoms with Gasteiger partial charge in [0.2, 0.25) is 0 Å². The van der Waals surface area contributed by atoms with Crippen LogP contribution in [0.15, 0.2) is 42.5 Å². The van der Waals surface area contributed by atoms with E-state index < -0.39 is 17.8 Å². The quantitative estimate of drug-likeness (QED) is 0.641. The average molecular weight is 447 g/mol. The van der Waals surface area contributed by atoms with E-state index >= 15 is 0 Å². The molecule has 1 amide bonds. The molecule has 32 heavy (non-hydrogen) atoms. The molecule has 2 aromatic carbocycles. The summed E-state index contributed by atoms with van der Waals surface area (Å²) in [4.78, 5) is 16.7. The third kappa shape index (κ3) is 5.03. The number of nitrogens with zero attached hydrogens (tertiary/aromatic N) is 2. The number of halogens is 3. The molecule has 0 saturated carbocycles. The number of rotatable bonds is 5. The van der Waals surface area contributed by atoms with Gasteiger partial charge in [0.1, 0.15) is 5.75 Å². The van der Waals surface area contributed by atoms with Crippen molar-refractivity contribution in [2.24, 2.45) is 0 Å². The van der Waals surface area contributed by atoms with Gasteiger partial charge in [-0.05, 0) is 73.6 Å². The summed E-state index contributed by atoms with van der Waals surface area (Å²) in [5.41, 5.74) is 2.56. The van der Waals surface area contributed by atoms with Crippen LogP contribution in [0, 0.1) is 0 Å². The molecule has 0 N–H and O–H groups in total. The summed E-state index contributed by atoms with van der Waals surface area (Å²) in [5.74, 6) is 0.669. The zero-order chi connectivity index (χ0) is 22.7. The molecule has 2 aromatic rings. The van der Waals surface area contributed by atoms with E-state index in [-0.39, 0.29) is 5.91 Å². The first-order valence-electron chi connectivity index (χ1n) is 11.3. The first kappa shape index (κ1) is 22.5. The Bertz CT molecular complexity index is 952. The minimum atomic E-state index is -4.36. The number of carbonyl (C=O) groups excluding carboxylic acids is 1. The fraction of sp³-hybridized carbons (Fsp3) is 0.480. The normalized spacial score (nSPS) is 17.6. The molecule has 0 aromatic heterocycles. The van der Waals surface area contributed by atoms with Crippen molar-refractivity contribution in [3.8, 4) is 5.75 Å². The van der Waals surface area contributed by atoms with Crippen LogP contribution in [-0.4, -0.2) is 43.1 Å². The molecular weight excluding hydrogens is 417 g/mol. The van der Waals surface area contributed by atoms with E-state index in [1.54, 1.807) is 11.0 Å². The molecule has 7 heteroatoms. The van der Waals surface area contributed by atoms with E-state index in [4.69, 9.17) is 4.74 Å². The molecule has 2 aliphatic rings. The zero-order valence-corrected chi connectivity index (χ0v) is 18.3. The summed E-state index contributed by atoms with van der Waals surface area (Å²) in [6.45, 7) is 3.82. The van der Waals surface area contributed by atoms with Gasteiger partial charge in [0.05, 0.1) is 5.56 Å². The molecule has 1 saturated heterocycles. The van der Waals surface area contributed by atoms with Gasteiger partial charge in [-0.3, -0.25) is 4.79 Å². The second-order valence-electron chi connectivity index (χ2n) is 8.51. The van der Waals surface area contributed by atoms with Crippen LogP contribution in [0.1, 0.15) is 42.9 Å². The van der Waals surface area contributed by atoms with E-state index in [1.165, 1.54) is 36.1 Å². The maximum atomic E-state index is 13.1. The molecule has 1 heterocycles. The number of ether oxygens (including phenoxy) is 1. The second kappa shape index (κ2) is 9.43. The molecular formula is C25H29F3N2O2. The Labute approximate surface area is 187 Å². The number of amides is 1. The van der Waals surface area contributed by atoms with Crippen molar-refractivity contribution in [1.29, 1.82) is 0 Å². The minimum Gasteiger partial charge on any atom is -0.481 e. The molecule has 1 aliphatic carbocycles. The molecule has 0 spiro atoms. The Morgan fingerprint density at radius 3 is 2.41 bits per heavy atom. The molecule has 1 unspecified atom stereocenters. The second-order valence-corrected chi connectivity index (χ2v) is 8.51. The van der Waals surface area contributed by atoms with E-state index in [0.29, 0.717) is 38.3 Å². The maximum Gasteiger partial charge on any atom is 0.416 e. The van der Waals surface area contributed by atoms with Gasteiger partial charge in [0, 0.05) is 31.9 Å². The largest absolute Gasteiger partial charge is 0.481 e. The fourth-order valence-electron chi connectivity index (χ4n) is 4.52. The van der Waals surface area contributed by atoms with Crippen molar-refractivity contribution >= 4 is 11.6 Å². The Kier molecular flexibility index (Phi) is 6.63. The van der Waals surface area contributed by atoms with Crippen LogP contribution in [0.25, 0.3) is 0 Å². The molecule has 4 nitrogen and oxygen atoms in total. The number of aryl methyl sites for hydroxylation is 2. The number of hydrogen-bond donors (Lipinski definition) is 0. The highest BCUT2D eigenvalue weighted by molar-refractivity contribution is 5.81. The predicted molar refractivity (Wildman–Crippen MR) is 118 cm³/mol. The number of fused-ring (bicyclic) bond motifs is 1. The van der Waals surface area contributed by atoms with Crippen molar-refractivity contribution in [2.75, 3.05) is 31.1 Å².